The first-order valence-electron chi connectivity index (χ1n) is 7.48. The minimum Gasteiger partial charge on any atom is -0.399 e. The van der Waals surface area contributed by atoms with E-state index in [1.165, 1.54) is 5.56 Å². The van der Waals surface area contributed by atoms with Gasteiger partial charge in [0.25, 0.3) is 0 Å². The topological polar surface area (TPSA) is 43.1 Å². The molecule has 2 rings (SSSR count). The molecule has 2 nitrogen and oxygen atoms in total. The molecule has 2 heteroatoms. The predicted octanol–water partition coefficient (Wildman–Crippen LogP) is 4.21. The second kappa shape index (κ2) is 7.07. The highest BCUT2D eigenvalue weighted by Gasteiger charge is 2.17. The van der Waals surface area contributed by atoms with Crippen LogP contribution >= 0.6 is 0 Å². The molecule has 0 saturated heterocycles. The van der Waals surface area contributed by atoms with Crippen molar-refractivity contribution in [1.82, 2.24) is 0 Å². The van der Waals surface area contributed by atoms with E-state index in [0.29, 0.717) is 18.1 Å². The molecule has 0 amide bonds. The second-order valence-electron chi connectivity index (χ2n) is 5.83. The molecule has 0 aliphatic carbocycles. The summed E-state index contributed by atoms with van der Waals surface area (Å²) in [5, 5.41) is 0. The minimum atomic E-state index is 0.0674. The molecular formula is C19H23NO. The van der Waals surface area contributed by atoms with Gasteiger partial charge in [0.1, 0.15) is 5.78 Å². The Bertz CT molecular complexity index is 574. The van der Waals surface area contributed by atoms with Crippen LogP contribution in [0.3, 0.4) is 0 Å². The van der Waals surface area contributed by atoms with Crippen LogP contribution in [0.2, 0.25) is 0 Å². The Hall–Kier alpha value is -2.09. The van der Waals surface area contributed by atoms with Crippen molar-refractivity contribution in [2.45, 2.75) is 32.6 Å². The number of Topliss-reactive ketones (excluding diaryl/α,β-unsaturated/α-hetero) is 1. The van der Waals surface area contributed by atoms with Gasteiger partial charge in [-0.05, 0) is 35.6 Å². The van der Waals surface area contributed by atoms with Crippen molar-refractivity contribution in [3.63, 3.8) is 0 Å². The first-order valence-corrected chi connectivity index (χ1v) is 7.48. The zero-order valence-corrected chi connectivity index (χ0v) is 12.8. The van der Waals surface area contributed by atoms with Crippen molar-refractivity contribution in [3.05, 3.63) is 65.7 Å². The summed E-state index contributed by atoms with van der Waals surface area (Å²) in [5.74, 6) is 0.761. The number of rotatable bonds is 6. The summed E-state index contributed by atoms with van der Waals surface area (Å²) >= 11 is 0. The number of hydrogen-bond acceptors (Lipinski definition) is 2. The van der Waals surface area contributed by atoms with Crippen molar-refractivity contribution >= 4 is 11.5 Å². The molecule has 0 fully saturated rings. The lowest BCUT2D eigenvalue weighted by Crippen LogP contribution is -2.16. The SMILES string of the molecule is CC(CC(C)c1ccccc1)C(=O)Cc1ccc(N)cc1. The lowest BCUT2D eigenvalue weighted by atomic mass is 9.87. The van der Waals surface area contributed by atoms with Gasteiger partial charge >= 0.3 is 0 Å². The summed E-state index contributed by atoms with van der Waals surface area (Å²) < 4.78 is 0. The molecule has 0 aromatic heterocycles. The largest absolute Gasteiger partial charge is 0.399 e. The van der Waals surface area contributed by atoms with Gasteiger partial charge in [-0.1, -0.05) is 56.3 Å². The number of carbonyl (C=O) groups is 1. The van der Waals surface area contributed by atoms with Crippen LogP contribution in [-0.2, 0) is 11.2 Å². The standard InChI is InChI=1S/C19H23NO/c1-14(17-6-4-3-5-7-17)12-15(2)19(21)13-16-8-10-18(20)11-9-16/h3-11,14-15H,12-13,20H2,1-2H3. The molecule has 2 aromatic rings. The molecule has 2 unspecified atom stereocenters. The van der Waals surface area contributed by atoms with Crippen LogP contribution in [0.15, 0.2) is 54.6 Å². The van der Waals surface area contributed by atoms with Gasteiger partial charge in [-0.3, -0.25) is 4.79 Å². The van der Waals surface area contributed by atoms with Crippen molar-refractivity contribution in [3.8, 4) is 0 Å². The van der Waals surface area contributed by atoms with Crippen LogP contribution < -0.4 is 5.73 Å². The molecule has 0 spiro atoms. The number of nitrogen functional groups attached to an aromatic ring is 1. The number of carbonyl (C=O) groups excluding carboxylic acids is 1. The van der Waals surface area contributed by atoms with E-state index in [1.807, 2.05) is 49.4 Å². The smallest absolute Gasteiger partial charge is 0.140 e. The number of anilines is 1. The van der Waals surface area contributed by atoms with E-state index >= 15 is 0 Å². The molecule has 0 saturated carbocycles. The second-order valence-corrected chi connectivity index (χ2v) is 5.83. The summed E-state index contributed by atoms with van der Waals surface area (Å²) in [5.41, 5.74) is 8.73. The van der Waals surface area contributed by atoms with E-state index in [1.54, 1.807) is 0 Å². The van der Waals surface area contributed by atoms with E-state index in [2.05, 4.69) is 19.1 Å². The average molecular weight is 281 g/mol. The normalized spacial score (nSPS) is 13.6. The molecule has 2 aromatic carbocycles. The lowest BCUT2D eigenvalue weighted by molar-refractivity contribution is -0.122. The lowest BCUT2D eigenvalue weighted by Gasteiger charge is -2.17. The summed E-state index contributed by atoms with van der Waals surface area (Å²) in [6.07, 6.45) is 1.38. The Morgan fingerprint density at radius 3 is 2.24 bits per heavy atom. The monoisotopic (exact) mass is 281 g/mol. The number of ketones is 1. The van der Waals surface area contributed by atoms with Crippen LogP contribution in [0.25, 0.3) is 0 Å². The first kappa shape index (κ1) is 15.3. The minimum absolute atomic E-state index is 0.0674. The third-order valence-corrected chi connectivity index (χ3v) is 3.98. The van der Waals surface area contributed by atoms with Crippen LogP contribution in [0, 0.1) is 5.92 Å². The molecule has 0 bridgehead atoms. The first-order chi connectivity index (χ1) is 10.1. The van der Waals surface area contributed by atoms with Crippen molar-refractivity contribution in [2.75, 3.05) is 5.73 Å². The van der Waals surface area contributed by atoms with Gasteiger partial charge in [0.05, 0.1) is 0 Å². The number of hydrogen-bond donors (Lipinski definition) is 1. The van der Waals surface area contributed by atoms with Crippen LogP contribution in [0.4, 0.5) is 5.69 Å². The third-order valence-electron chi connectivity index (χ3n) is 3.98. The number of nitrogens with two attached hydrogens (primary N) is 1. The summed E-state index contributed by atoms with van der Waals surface area (Å²) in [6, 6.07) is 17.9. The van der Waals surface area contributed by atoms with Gasteiger partial charge in [0.15, 0.2) is 0 Å². The Balaban J connectivity index is 1.92. The fraction of sp³-hybridized carbons (Fsp3) is 0.316. The van der Waals surface area contributed by atoms with Gasteiger partial charge in [0, 0.05) is 18.0 Å². The fourth-order valence-electron chi connectivity index (χ4n) is 2.59. The fourth-order valence-corrected chi connectivity index (χ4v) is 2.59. The van der Waals surface area contributed by atoms with E-state index in [0.717, 1.165) is 17.7 Å². The molecule has 0 radical (unpaired) electrons. The highest BCUT2D eigenvalue weighted by molar-refractivity contribution is 5.83. The molecular weight excluding hydrogens is 258 g/mol. The Morgan fingerprint density at radius 2 is 1.62 bits per heavy atom. The maximum absolute atomic E-state index is 12.3. The van der Waals surface area contributed by atoms with Crippen LogP contribution in [0.1, 0.15) is 37.3 Å². The quantitative estimate of drug-likeness (QED) is 0.806. The third kappa shape index (κ3) is 4.45. The molecule has 110 valence electrons. The molecule has 21 heavy (non-hydrogen) atoms. The molecule has 2 N–H and O–H groups in total. The maximum Gasteiger partial charge on any atom is 0.140 e. The van der Waals surface area contributed by atoms with Gasteiger partial charge < -0.3 is 5.73 Å². The van der Waals surface area contributed by atoms with E-state index in [9.17, 15) is 4.79 Å². The van der Waals surface area contributed by atoms with Crippen LogP contribution in [0.5, 0.6) is 0 Å². The van der Waals surface area contributed by atoms with Crippen molar-refractivity contribution in [2.24, 2.45) is 5.92 Å². The Labute approximate surface area is 127 Å². The number of benzene rings is 2. The molecule has 2 atom stereocenters. The zero-order valence-electron chi connectivity index (χ0n) is 12.8. The predicted molar refractivity (Wildman–Crippen MR) is 88.2 cm³/mol. The van der Waals surface area contributed by atoms with Gasteiger partial charge in [0.2, 0.25) is 0 Å². The highest BCUT2D eigenvalue weighted by atomic mass is 16.1. The van der Waals surface area contributed by atoms with E-state index in [4.69, 9.17) is 5.73 Å². The molecule has 0 heterocycles. The highest BCUT2D eigenvalue weighted by Crippen LogP contribution is 2.24. The van der Waals surface area contributed by atoms with Gasteiger partial charge in [-0.15, -0.1) is 0 Å². The zero-order chi connectivity index (χ0) is 15.2. The summed E-state index contributed by atoms with van der Waals surface area (Å²) in [4.78, 5) is 12.3. The average Bonchev–Trinajstić information content (AvgIpc) is 2.50. The van der Waals surface area contributed by atoms with Crippen molar-refractivity contribution < 1.29 is 4.79 Å². The molecule has 0 aliphatic heterocycles. The van der Waals surface area contributed by atoms with Gasteiger partial charge in [-0.2, -0.15) is 0 Å². The summed E-state index contributed by atoms with van der Waals surface area (Å²) in [6.45, 7) is 4.21. The Morgan fingerprint density at radius 1 is 1.00 bits per heavy atom. The summed E-state index contributed by atoms with van der Waals surface area (Å²) in [7, 11) is 0. The Kier molecular flexibility index (Phi) is 5.15. The van der Waals surface area contributed by atoms with Crippen LogP contribution in [-0.4, -0.2) is 5.78 Å². The maximum atomic E-state index is 12.3. The van der Waals surface area contributed by atoms with E-state index in [-0.39, 0.29) is 5.92 Å². The van der Waals surface area contributed by atoms with Crippen molar-refractivity contribution in [1.29, 1.82) is 0 Å². The molecule has 0 aliphatic rings. The van der Waals surface area contributed by atoms with Gasteiger partial charge in [-0.25, -0.2) is 0 Å². The van der Waals surface area contributed by atoms with E-state index < -0.39 is 0 Å².